The van der Waals surface area contributed by atoms with Gasteiger partial charge in [-0.3, -0.25) is 10.1 Å². The van der Waals surface area contributed by atoms with E-state index in [1.165, 1.54) is 30.6 Å². The fraction of sp³-hybridized carbons (Fsp3) is 0.389. The summed E-state index contributed by atoms with van der Waals surface area (Å²) < 4.78 is 9.49. The minimum Gasteiger partial charge on any atom is -0.476 e. The van der Waals surface area contributed by atoms with Gasteiger partial charge in [0.2, 0.25) is 0 Å². The average molecular weight is 662 g/mol. The van der Waals surface area contributed by atoms with Gasteiger partial charge in [0.05, 0.1) is 34.2 Å². The molecular weight excluding hydrogens is 627 g/mol. The van der Waals surface area contributed by atoms with Crippen molar-refractivity contribution in [2.75, 3.05) is 16.8 Å². The van der Waals surface area contributed by atoms with Gasteiger partial charge in [-0.1, -0.05) is 40.8 Å². The summed E-state index contributed by atoms with van der Waals surface area (Å²) in [5.74, 6) is 0.634. The van der Waals surface area contributed by atoms with Crippen LogP contribution >= 0.6 is 11.3 Å². The number of hydrogen-bond donors (Lipinski definition) is 2. The van der Waals surface area contributed by atoms with E-state index < -0.39 is 5.97 Å². The first-order valence-electron chi connectivity index (χ1n) is 16.7. The molecule has 244 valence electrons. The molecule has 3 aliphatic heterocycles. The number of carboxylic acids is 1. The number of amides is 1. The van der Waals surface area contributed by atoms with E-state index >= 15 is 0 Å². The molecule has 5 aliphatic rings. The minimum absolute atomic E-state index is 0.0682. The number of nitrogens with zero attached hydrogens (tertiary/aromatic N) is 6. The van der Waals surface area contributed by atoms with E-state index in [4.69, 9.17) is 4.74 Å². The molecule has 2 aromatic carbocycles. The first-order chi connectivity index (χ1) is 23.3. The second-order valence-electron chi connectivity index (χ2n) is 13.9. The fourth-order valence-electron chi connectivity index (χ4n) is 8.78. The summed E-state index contributed by atoms with van der Waals surface area (Å²) in [6.45, 7) is 3.63. The van der Waals surface area contributed by atoms with Gasteiger partial charge in [-0.15, -0.1) is 5.10 Å². The second-order valence-corrected chi connectivity index (χ2v) is 14.9. The van der Waals surface area contributed by atoms with E-state index in [1.807, 2.05) is 65.0 Å². The lowest BCUT2D eigenvalue weighted by Crippen LogP contribution is -2.56. The highest BCUT2D eigenvalue weighted by Crippen LogP contribution is 2.53. The number of carboxylic acid groups (broad SMARTS) is 1. The molecule has 3 aromatic heterocycles. The molecule has 1 amide bonds. The number of hydrogen-bond acceptors (Lipinski definition) is 9. The molecule has 4 bridgehead atoms. The number of fused-ring (bicyclic) bond motifs is 2. The molecule has 2 atom stereocenters. The Balaban J connectivity index is 0.970. The zero-order valence-corrected chi connectivity index (χ0v) is 27.4. The Morgan fingerprint density at radius 3 is 2.67 bits per heavy atom. The maximum absolute atomic E-state index is 13.5. The lowest BCUT2D eigenvalue weighted by atomic mass is 9.62. The number of nitrogens with one attached hydrogen (secondary N) is 1. The fourth-order valence-corrected chi connectivity index (χ4v) is 9.64. The van der Waals surface area contributed by atoms with Crippen molar-refractivity contribution in [2.24, 2.45) is 11.8 Å². The van der Waals surface area contributed by atoms with Gasteiger partial charge in [-0.05, 0) is 98.7 Å². The molecule has 48 heavy (non-hydrogen) atoms. The highest BCUT2D eigenvalue weighted by molar-refractivity contribution is 7.22. The summed E-state index contributed by atoms with van der Waals surface area (Å²) in [5, 5.41) is 22.8. The number of para-hydroxylation sites is 1. The number of thiazole rings is 1. The van der Waals surface area contributed by atoms with Crippen LogP contribution in [-0.2, 0) is 24.2 Å². The van der Waals surface area contributed by atoms with E-state index in [-0.39, 0.29) is 17.2 Å². The number of carbonyl (C=O) groups excluding carboxylic acids is 1. The van der Waals surface area contributed by atoms with E-state index in [0.717, 1.165) is 51.7 Å². The highest BCUT2D eigenvalue weighted by Gasteiger charge is 2.52. The van der Waals surface area contributed by atoms with Gasteiger partial charge in [0.1, 0.15) is 11.5 Å². The normalized spacial score (nSPS) is 24.2. The number of ether oxygens (including phenoxy) is 1. The maximum Gasteiger partial charge on any atom is 0.355 e. The zero-order chi connectivity index (χ0) is 32.6. The summed E-state index contributed by atoms with van der Waals surface area (Å²) in [6, 6.07) is 17.2. The Kier molecular flexibility index (Phi) is 6.87. The number of aromatic carboxylic acids is 1. The molecule has 2 unspecified atom stereocenters. The van der Waals surface area contributed by atoms with E-state index in [0.29, 0.717) is 59.9 Å². The van der Waals surface area contributed by atoms with Crippen LogP contribution in [0.25, 0.3) is 21.5 Å². The van der Waals surface area contributed by atoms with Gasteiger partial charge in [-0.25, -0.2) is 19.4 Å². The van der Waals surface area contributed by atoms with Gasteiger partial charge in [0.15, 0.2) is 10.8 Å². The molecule has 2 saturated carbocycles. The molecule has 4 fully saturated rings. The van der Waals surface area contributed by atoms with Crippen molar-refractivity contribution in [1.29, 1.82) is 0 Å². The van der Waals surface area contributed by atoms with Crippen molar-refractivity contribution in [1.82, 2.24) is 25.0 Å². The molecule has 2 N–H and O–H groups in total. The van der Waals surface area contributed by atoms with Crippen molar-refractivity contribution in [3.8, 4) is 11.3 Å². The molecule has 0 spiro atoms. The Labute approximate surface area is 281 Å². The lowest BCUT2D eigenvalue weighted by molar-refractivity contribution is -0.226. The Hall–Kier alpha value is -4.68. The van der Waals surface area contributed by atoms with Gasteiger partial charge in [0.25, 0.3) is 5.91 Å². The van der Waals surface area contributed by atoms with Gasteiger partial charge < -0.3 is 14.7 Å². The largest absolute Gasteiger partial charge is 0.476 e. The molecule has 10 rings (SSSR count). The highest BCUT2D eigenvalue weighted by atomic mass is 32.1. The second kappa shape index (κ2) is 11.2. The van der Waals surface area contributed by atoms with E-state index in [9.17, 15) is 14.7 Å². The van der Waals surface area contributed by atoms with E-state index in [2.05, 4.69) is 25.6 Å². The van der Waals surface area contributed by atoms with Crippen LogP contribution in [0.15, 0.2) is 54.6 Å². The Bertz CT molecular complexity index is 2040. The number of rotatable bonds is 7. The molecule has 11 nitrogen and oxygen atoms in total. The van der Waals surface area contributed by atoms with Gasteiger partial charge >= 0.3 is 5.97 Å². The summed E-state index contributed by atoms with van der Waals surface area (Å²) >= 11 is 1.44. The Morgan fingerprint density at radius 1 is 1.04 bits per heavy atom. The quantitative estimate of drug-likeness (QED) is 0.212. The average Bonchev–Trinajstić information content (AvgIpc) is 3.65. The summed E-state index contributed by atoms with van der Waals surface area (Å²) in [4.78, 5) is 37.4. The third-order valence-electron chi connectivity index (χ3n) is 10.7. The third-order valence-corrected chi connectivity index (χ3v) is 11.7. The van der Waals surface area contributed by atoms with Crippen LogP contribution in [0.3, 0.4) is 0 Å². The molecular formula is C36H35N7O4S. The van der Waals surface area contributed by atoms with Crippen LogP contribution in [0.5, 0.6) is 0 Å². The van der Waals surface area contributed by atoms with Gasteiger partial charge in [0, 0.05) is 24.2 Å². The van der Waals surface area contributed by atoms with Crippen LogP contribution in [0.2, 0.25) is 0 Å². The van der Waals surface area contributed by atoms with Crippen LogP contribution in [0, 0.1) is 18.8 Å². The van der Waals surface area contributed by atoms with Crippen LogP contribution < -0.4 is 10.2 Å². The zero-order valence-electron chi connectivity index (χ0n) is 26.6. The van der Waals surface area contributed by atoms with Crippen molar-refractivity contribution < 1.29 is 19.4 Å². The number of carbonyl (C=O) groups is 2. The van der Waals surface area contributed by atoms with Crippen LogP contribution in [0.4, 0.5) is 10.9 Å². The topological polar surface area (TPSA) is 135 Å². The third kappa shape index (κ3) is 5.05. The monoisotopic (exact) mass is 661 g/mol. The molecule has 0 radical (unpaired) electrons. The minimum atomic E-state index is -1.13. The smallest absolute Gasteiger partial charge is 0.355 e. The van der Waals surface area contributed by atoms with Crippen molar-refractivity contribution in [3.05, 3.63) is 82.7 Å². The first kappa shape index (κ1) is 29.5. The number of pyridine rings is 1. The summed E-state index contributed by atoms with van der Waals surface area (Å²) in [5.41, 5.74) is 4.90. The SMILES string of the molecule is Cc1c(-c2ccc(N3CCc4cccc(C(=O)Nc5nc6ccccc6s5)c4C3)nc2C(=O)O)nnn1CC12CC3CC(CC(C3)O1)C2. The molecule has 12 heteroatoms. The number of anilines is 2. The predicted molar refractivity (Wildman–Crippen MR) is 181 cm³/mol. The van der Waals surface area contributed by atoms with Crippen LogP contribution in [0.1, 0.15) is 69.8 Å². The summed E-state index contributed by atoms with van der Waals surface area (Å²) in [7, 11) is 0. The first-order valence-corrected chi connectivity index (χ1v) is 17.5. The van der Waals surface area contributed by atoms with E-state index in [1.54, 1.807) is 6.07 Å². The Morgan fingerprint density at radius 2 is 1.88 bits per heavy atom. The molecule has 2 aliphatic carbocycles. The molecule has 2 saturated heterocycles. The van der Waals surface area contributed by atoms with Crippen LogP contribution in [-0.4, -0.2) is 60.2 Å². The number of benzene rings is 2. The van der Waals surface area contributed by atoms with Gasteiger partial charge in [-0.2, -0.15) is 0 Å². The van der Waals surface area contributed by atoms with Crippen molar-refractivity contribution >= 4 is 44.4 Å². The molecule has 5 aromatic rings. The molecule has 6 heterocycles. The van der Waals surface area contributed by atoms with Crippen molar-refractivity contribution in [2.45, 2.75) is 70.2 Å². The summed E-state index contributed by atoms with van der Waals surface area (Å²) in [6.07, 6.45) is 6.79. The standard InChI is InChI=1S/C36H35N7O4S/c1-20-31(40-41-43(20)19-36-16-21-13-22(17-36)15-24(14-21)47-36)26-9-10-30(38-32(26)34(45)46)42-12-11-23-5-4-6-25(27(23)18-42)33(44)39-35-37-28-7-2-3-8-29(28)48-35/h2-10,21-22,24H,11-19H2,1H3,(H,45,46)(H,37,39,44). The number of aromatic nitrogens is 5. The maximum atomic E-state index is 13.5. The predicted octanol–water partition coefficient (Wildman–Crippen LogP) is 6.12. The van der Waals surface area contributed by atoms with Crippen molar-refractivity contribution in [3.63, 3.8) is 0 Å². The lowest BCUT2D eigenvalue weighted by Gasteiger charge is -2.56.